The van der Waals surface area contributed by atoms with Crippen LogP contribution in [0.25, 0.3) is 0 Å². The normalized spacial score (nSPS) is 12.6. The van der Waals surface area contributed by atoms with Gasteiger partial charge >= 0.3 is 0 Å². The van der Waals surface area contributed by atoms with Gasteiger partial charge in [-0.25, -0.2) is 13.6 Å². The summed E-state index contributed by atoms with van der Waals surface area (Å²) in [5.41, 5.74) is 0.471. The molecule has 0 fully saturated rings. The van der Waals surface area contributed by atoms with Crippen LogP contribution in [0.15, 0.2) is 58.4 Å². The van der Waals surface area contributed by atoms with Crippen LogP contribution in [0.5, 0.6) is 0 Å². The minimum atomic E-state index is -3.74. The standard InChI is InChI=1S/C15H17N3O4S/c1-11(12-5-7-13(8-6-12)23(16,21)22)17-14(19)10-18-9-3-2-4-15(18)20/h2-9,11H,10H2,1H3,(H,17,19)(H2,16,21,22). The van der Waals surface area contributed by atoms with Gasteiger partial charge in [0.15, 0.2) is 0 Å². The average Bonchev–Trinajstić information content (AvgIpc) is 2.49. The predicted octanol–water partition coefficient (Wildman–Crippen LogP) is 0.373. The summed E-state index contributed by atoms with van der Waals surface area (Å²) in [6.07, 6.45) is 1.54. The van der Waals surface area contributed by atoms with Crippen LogP contribution in [0.4, 0.5) is 0 Å². The Balaban J connectivity index is 2.04. The van der Waals surface area contributed by atoms with Crippen LogP contribution < -0.4 is 16.0 Å². The van der Waals surface area contributed by atoms with E-state index in [1.807, 2.05) is 0 Å². The monoisotopic (exact) mass is 335 g/mol. The fourth-order valence-electron chi connectivity index (χ4n) is 2.06. The van der Waals surface area contributed by atoms with Crippen LogP contribution in [-0.2, 0) is 21.4 Å². The highest BCUT2D eigenvalue weighted by molar-refractivity contribution is 7.89. The van der Waals surface area contributed by atoms with Gasteiger partial charge in [-0.2, -0.15) is 0 Å². The van der Waals surface area contributed by atoms with Crippen molar-refractivity contribution >= 4 is 15.9 Å². The number of sulfonamides is 1. The molecule has 1 aromatic heterocycles. The van der Waals surface area contributed by atoms with Gasteiger partial charge < -0.3 is 9.88 Å². The minimum absolute atomic E-state index is 0.00983. The van der Waals surface area contributed by atoms with Crippen LogP contribution >= 0.6 is 0 Å². The molecule has 2 rings (SSSR count). The van der Waals surface area contributed by atoms with Gasteiger partial charge in [0.25, 0.3) is 5.56 Å². The lowest BCUT2D eigenvalue weighted by molar-refractivity contribution is -0.122. The molecule has 0 saturated carbocycles. The lowest BCUT2D eigenvalue weighted by Gasteiger charge is -2.15. The summed E-state index contributed by atoms with van der Waals surface area (Å²) in [7, 11) is -3.74. The van der Waals surface area contributed by atoms with Gasteiger partial charge in [0, 0.05) is 12.3 Å². The van der Waals surface area contributed by atoms with Gasteiger partial charge in [0.1, 0.15) is 6.54 Å². The number of carbonyl (C=O) groups is 1. The molecule has 3 N–H and O–H groups in total. The lowest BCUT2D eigenvalue weighted by Crippen LogP contribution is -2.33. The highest BCUT2D eigenvalue weighted by Gasteiger charge is 2.12. The number of nitrogens with two attached hydrogens (primary N) is 1. The summed E-state index contributed by atoms with van der Waals surface area (Å²) < 4.78 is 23.7. The summed E-state index contributed by atoms with van der Waals surface area (Å²) >= 11 is 0. The zero-order chi connectivity index (χ0) is 17.0. The third-order valence-electron chi connectivity index (χ3n) is 3.30. The van der Waals surface area contributed by atoms with Crippen LogP contribution in [0, 0.1) is 0 Å². The number of benzene rings is 1. The first-order valence-electron chi connectivity index (χ1n) is 6.85. The highest BCUT2D eigenvalue weighted by atomic mass is 32.2. The highest BCUT2D eigenvalue weighted by Crippen LogP contribution is 2.15. The van der Waals surface area contributed by atoms with E-state index >= 15 is 0 Å². The van der Waals surface area contributed by atoms with Crippen molar-refractivity contribution in [3.05, 3.63) is 64.6 Å². The topological polar surface area (TPSA) is 111 Å². The van der Waals surface area contributed by atoms with Crippen LogP contribution in [-0.4, -0.2) is 18.9 Å². The van der Waals surface area contributed by atoms with E-state index in [1.165, 1.54) is 29.0 Å². The Bertz CT molecular complexity index is 857. The number of nitrogens with one attached hydrogen (secondary N) is 1. The first-order valence-corrected chi connectivity index (χ1v) is 8.39. The maximum absolute atomic E-state index is 12.0. The van der Waals surface area contributed by atoms with E-state index in [2.05, 4.69) is 5.32 Å². The molecule has 1 unspecified atom stereocenters. The predicted molar refractivity (Wildman–Crippen MR) is 85.1 cm³/mol. The van der Waals surface area contributed by atoms with Crippen LogP contribution in [0.3, 0.4) is 0 Å². The van der Waals surface area contributed by atoms with Gasteiger partial charge in [0.05, 0.1) is 10.9 Å². The number of primary sulfonamides is 1. The molecular formula is C15H17N3O4S. The van der Waals surface area contributed by atoms with E-state index < -0.39 is 10.0 Å². The number of hydrogen-bond donors (Lipinski definition) is 2. The van der Waals surface area contributed by atoms with Gasteiger partial charge in [-0.3, -0.25) is 9.59 Å². The Morgan fingerprint density at radius 1 is 1.22 bits per heavy atom. The van der Waals surface area contributed by atoms with Crippen molar-refractivity contribution in [1.82, 2.24) is 9.88 Å². The number of carbonyl (C=O) groups excluding carboxylic acids is 1. The second-order valence-corrected chi connectivity index (χ2v) is 6.63. The summed E-state index contributed by atoms with van der Waals surface area (Å²) in [6, 6.07) is 10.2. The first kappa shape index (κ1) is 16.9. The zero-order valence-corrected chi connectivity index (χ0v) is 13.3. The quantitative estimate of drug-likeness (QED) is 0.822. The molecule has 0 radical (unpaired) electrons. The van der Waals surface area contributed by atoms with Crippen molar-refractivity contribution in [1.29, 1.82) is 0 Å². The summed E-state index contributed by atoms with van der Waals surface area (Å²) in [5.74, 6) is -0.318. The molecular weight excluding hydrogens is 318 g/mol. The first-order chi connectivity index (χ1) is 10.8. The van der Waals surface area contributed by atoms with Gasteiger partial charge in [-0.05, 0) is 30.7 Å². The van der Waals surface area contributed by atoms with Crippen molar-refractivity contribution < 1.29 is 13.2 Å². The van der Waals surface area contributed by atoms with Gasteiger partial charge in [0.2, 0.25) is 15.9 Å². The number of nitrogens with zero attached hydrogens (tertiary/aromatic N) is 1. The minimum Gasteiger partial charge on any atom is -0.348 e. The number of rotatable bonds is 5. The number of hydrogen-bond acceptors (Lipinski definition) is 4. The molecule has 1 atom stereocenters. The number of aromatic nitrogens is 1. The van der Waals surface area contributed by atoms with Gasteiger partial charge in [-0.15, -0.1) is 0 Å². The van der Waals surface area contributed by atoms with E-state index in [-0.39, 0.29) is 28.9 Å². The number of pyridine rings is 1. The smallest absolute Gasteiger partial charge is 0.250 e. The van der Waals surface area contributed by atoms with Crippen LogP contribution in [0.2, 0.25) is 0 Å². The average molecular weight is 335 g/mol. The van der Waals surface area contributed by atoms with Crippen molar-refractivity contribution in [2.75, 3.05) is 0 Å². The Kier molecular flexibility index (Phi) is 4.97. The molecule has 7 nitrogen and oxygen atoms in total. The Morgan fingerprint density at radius 3 is 2.43 bits per heavy atom. The van der Waals surface area contributed by atoms with E-state index in [0.29, 0.717) is 0 Å². The van der Waals surface area contributed by atoms with E-state index in [0.717, 1.165) is 5.56 Å². The summed E-state index contributed by atoms with van der Waals surface area (Å²) in [5, 5.41) is 7.78. The SMILES string of the molecule is CC(NC(=O)Cn1ccccc1=O)c1ccc(S(N)(=O)=O)cc1. The third kappa shape index (κ3) is 4.51. The molecule has 0 aliphatic carbocycles. The van der Waals surface area contributed by atoms with Gasteiger partial charge in [-0.1, -0.05) is 18.2 Å². The van der Waals surface area contributed by atoms with E-state index in [4.69, 9.17) is 5.14 Å². The Hall–Kier alpha value is -2.45. The molecule has 0 aliphatic rings. The third-order valence-corrected chi connectivity index (χ3v) is 4.23. The molecule has 2 aromatic rings. The lowest BCUT2D eigenvalue weighted by atomic mass is 10.1. The maximum atomic E-state index is 12.0. The fraction of sp³-hybridized carbons (Fsp3) is 0.200. The molecule has 1 amide bonds. The molecule has 0 saturated heterocycles. The molecule has 1 aromatic carbocycles. The maximum Gasteiger partial charge on any atom is 0.250 e. The largest absolute Gasteiger partial charge is 0.348 e. The second-order valence-electron chi connectivity index (χ2n) is 5.07. The summed E-state index contributed by atoms with van der Waals surface area (Å²) in [4.78, 5) is 23.6. The molecule has 1 heterocycles. The van der Waals surface area contributed by atoms with Crippen LogP contribution in [0.1, 0.15) is 18.5 Å². The van der Waals surface area contributed by atoms with Crippen molar-refractivity contribution in [3.63, 3.8) is 0 Å². The van der Waals surface area contributed by atoms with Crippen molar-refractivity contribution in [2.24, 2.45) is 5.14 Å². The molecule has 122 valence electrons. The Labute approximate surface area is 133 Å². The Morgan fingerprint density at radius 2 is 1.87 bits per heavy atom. The van der Waals surface area contributed by atoms with E-state index in [9.17, 15) is 18.0 Å². The zero-order valence-electron chi connectivity index (χ0n) is 12.5. The summed E-state index contributed by atoms with van der Waals surface area (Å²) in [6.45, 7) is 1.68. The molecule has 0 aliphatic heterocycles. The molecule has 8 heteroatoms. The van der Waals surface area contributed by atoms with Crippen molar-refractivity contribution in [3.8, 4) is 0 Å². The van der Waals surface area contributed by atoms with E-state index in [1.54, 1.807) is 31.2 Å². The fourth-order valence-corrected chi connectivity index (χ4v) is 2.58. The molecule has 0 bridgehead atoms. The van der Waals surface area contributed by atoms with Crippen molar-refractivity contribution in [2.45, 2.75) is 24.4 Å². The second kappa shape index (κ2) is 6.76. The number of amides is 1. The molecule has 23 heavy (non-hydrogen) atoms. The molecule has 0 spiro atoms.